The van der Waals surface area contributed by atoms with E-state index in [9.17, 15) is 9.59 Å². The van der Waals surface area contributed by atoms with Crippen molar-refractivity contribution in [2.45, 2.75) is 51.7 Å². The van der Waals surface area contributed by atoms with Crippen LogP contribution in [0.25, 0.3) is 0 Å². The van der Waals surface area contributed by atoms with Gasteiger partial charge in [-0.2, -0.15) is 0 Å². The van der Waals surface area contributed by atoms with Gasteiger partial charge in [0.1, 0.15) is 6.04 Å². The van der Waals surface area contributed by atoms with Gasteiger partial charge in [-0.15, -0.1) is 0 Å². The zero-order chi connectivity index (χ0) is 24.5. The van der Waals surface area contributed by atoms with Crippen LogP contribution >= 0.6 is 27.5 Å². The fraction of sp³-hybridized carbons (Fsp3) is 0.286. The lowest BCUT2D eigenvalue weighted by atomic mass is 10.0. The minimum atomic E-state index is -0.662. The molecule has 0 aliphatic rings. The third-order valence-electron chi connectivity index (χ3n) is 5.81. The lowest BCUT2D eigenvalue weighted by molar-refractivity contribution is -0.141. The van der Waals surface area contributed by atoms with Crippen LogP contribution in [0.2, 0.25) is 5.02 Å². The molecule has 0 heterocycles. The van der Waals surface area contributed by atoms with E-state index in [1.54, 1.807) is 11.0 Å². The van der Waals surface area contributed by atoms with Gasteiger partial charge in [0.05, 0.1) is 6.42 Å². The van der Waals surface area contributed by atoms with Crippen molar-refractivity contribution in [3.05, 3.63) is 105 Å². The normalized spacial score (nSPS) is 12.6. The molecule has 0 aromatic heterocycles. The van der Waals surface area contributed by atoms with Crippen LogP contribution < -0.4 is 5.32 Å². The summed E-state index contributed by atoms with van der Waals surface area (Å²) in [5.41, 5.74) is 2.68. The summed E-state index contributed by atoms with van der Waals surface area (Å²) < 4.78 is 0.923. The molecule has 1 N–H and O–H groups in total. The Morgan fingerprint density at radius 3 is 2.32 bits per heavy atom. The maximum absolute atomic E-state index is 13.7. The van der Waals surface area contributed by atoms with Crippen LogP contribution in [0.1, 0.15) is 37.0 Å². The molecule has 0 unspecified atom stereocenters. The van der Waals surface area contributed by atoms with Gasteiger partial charge >= 0.3 is 0 Å². The molecule has 4 nitrogen and oxygen atoms in total. The molecule has 3 rings (SSSR count). The third-order valence-corrected chi connectivity index (χ3v) is 6.68. The Bertz CT molecular complexity index is 1110. The number of carbonyl (C=O) groups excluding carboxylic acids is 2. The van der Waals surface area contributed by atoms with Crippen LogP contribution in [0.3, 0.4) is 0 Å². The second kappa shape index (κ2) is 12.7. The highest BCUT2D eigenvalue weighted by Gasteiger charge is 2.31. The smallest absolute Gasteiger partial charge is 0.243 e. The highest BCUT2D eigenvalue weighted by Crippen LogP contribution is 2.21. The molecule has 0 aliphatic heterocycles. The van der Waals surface area contributed by atoms with Crippen molar-refractivity contribution in [3.63, 3.8) is 0 Å². The highest BCUT2D eigenvalue weighted by molar-refractivity contribution is 9.10. The van der Waals surface area contributed by atoms with Crippen LogP contribution in [0.15, 0.2) is 83.3 Å². The fourth-order valence-corrected chi connectivity index (χ4v) is 4.38. The zero-order valence-corrected chi connectivity index (χ0v) is 21.9. The largest absolute Gasteiger partial charge is 0.352 e. The maximum atomic E-state index is 13.7. The number of amides is 2. The third kappa shape index (κ3) is 7.44. The van der Waals surface area contributed by atoms with Crippen LogP contribution in [-0.2, 0) is 29.0 Å². The van der Waals surface area contributed by atoms with E-state index in [1.165, 1.54) is 0 Å². The van der Waals surface area contributed by atoms with Gasteiger partial charge in [-0.3, -0.25) is 9.59 Å². The predicted octanol–water partition coefficient (Wildman–Crippen LogP) is 6.20. The van der Waals surface area contributed by atoms with Gasteiger partial charge in [0, 0.05) is 28.5 Å². The lowest BCUT2D eigenvalue weighted by Crippen LogP contribution is -2.52. The number of carbonyl (C=O) groups is 2. The van der Waals surface area contributed by atoms with E-state index in [-0.39, 0.29) is 24.3 Å². The Balaban J connectivity index is 1.98. The summed E-state index contributed by atoms with van der Waals surface area (Å²) in [4.78, 5) is 28.9. The first-order valence-corrected chi connectivity index (χ1v) is 12.7. The minimum absolute atomic E-state index is 0.0113. The van der Waals surface area contributed by atoms with E-state index in [4.69, 9.17) is 11.6 Å². The predicted molar refractivity (Wildman–Crippen MR) is 142 cm³/mol. The molecule has 0 saturated heterocycles. The van der Waals surface area contributed by atoms with Crippen LogP contribution in [0.4, 0.5) is 0 Å². The van der Waals surface area contributed by atoms with E-state index in [0.717, 1.165) is 27.6 Å². The van der Waals surface area contributed by atoms with Gasteiger partial charge in [0.25, 0.3) is 0 Å². The average Bonchev–Trinajstić information content (AvgIpc) is 2.83. The highest BCUT2D eigenvalue weighted by atomic mass is 79.9. The minimum Gasteiger partial charge on any atom is -0.352 e. The monoisotopic (exact) mass is 540 g/mol. The molecule has 0 fully saturated rings. The van der Waals surface area contributed by atoms with E-state index in [0.29, 0.717) is 18.0 Å². The molecule has 0 bridgehead atoms. The summed E-state index contributed by atoms with van der Waals surface area (Å²) in [7, 11) is 0. The molecule has 6 heteroatoms. The number of benzene rings is 3. The fourth-order valence-electron chi connectivity index (χ4n) is 3.73. The van der Waals surface area contributed by atoms with Crippen molar-refractivity contribution in [1.29, 1.82) is 0 Å². The van der Waals surface area contributed by atoms with Gasteiger partial charge in [0.2, 0.25) is 11.8 Å². The zero-order valence-electron chi connectivity index (χ0n) is 19.5. The summed E-state index contributed by atoms with van der Waals surface area (Å²) in [5.74, 6) is -0.297. The SMILES string of the molecule is CC[C@H](C)NC(=O)[C@@H](Cc1ccccc1)N(Cc1cccc(Br)c1)C(=O)Cc1ccccc1Cl. The van der Waals surface area contributed by atoms with Gasteiger partial charge in [-0.1, -0.05) is 95.1 Å². The lowest BCUT2D eigenvalue weighted by Gasteiger charge is -2.32. The number of nitrogens with zero attached hydrogens (tertiary/aromatic N) is 1. The quantitative estimate of drug-likeness (QED) is 0.332. The van der Waals surface area contributed by atoms with Crippen molar-refractivity contribution in [2.24, 2.45) is 0 Å². The standard InChI is InChI=1S/C28H30BrClN2O2/c1-3-20(2)31-28(34)26(17-21-10-5-4-6-11-21)32(19-22-12-9-14-24(29)16-22)27(33)18-23-13-7-8-15-25(23)30/h4-16,20,26H,3,17-19H2,1-2H3,(H,31,34)/t20-,26+/m0/s1. The summed E-state index contributed by atoms with van der Waals surface area (Å²) in [6.45, 7) is 4.31. The number of halogens is 2. The Morgan fingerprint density at radius 1 is 0.971 bits per heavy atom. The summed E-state index contributed by atoms with van der Waals surface area (Å²) >= 11 is 9.87. The number of rotatable bonds is 10. The molecule has 3 aromatic carbocycles. The van der Waals surface area contributed by atoms with Crippen LogP contribution in [0, 0.1) is 0 Å². The van der Waals surface area contributed by atoms with Crippen molar-refractivity contribution < 1.29 is 9.59 Å². The van der Waals surface area contributed by atoms with Crippen LogP contribution in [-0.4, -0.2) is 28.8 Å². The number of hydrogen-bond acceptors (Lipinski definition) is 2. The number of nitrogens with one attached hydrogen (secondary N) is 1. The van der Waals surface area contributed by atoms with Gasteiger partial charge in [0.15, 0.2) is 0 Å². The molecular formula is C28H30BrClN2O2. The van der Waals surface area contributed by atoms with E-state index >= 15 is 0 Å². The number of hydrogen-bond donors (Lipinski definition) is 1. The van der Waals surface area contributed by atoms with Gasteiger partial charge in [-0.05, 0) is 48.2 Å². The van der Waals surface area contributed by atoms with E-state index in [1.807, 2.05) is 86.6 Å². The second-order valence-corrected chi connectivity index (χ2v) is 9.77. The first-order valence-electron chi connectivity index (χ1n) is 11.5. The molecule has 2 atom stereocenters. The second-order valence-electron chi connectivity index (χ2n) is 8.44. The first-order chi connectivity index (χ1) is 16.4. The molecule has 2 amide bonds. The van der Waals surface area contributed by atoms with Crippen molar-refractivity contribution in [3.8, 4) is 0 Å². The van der Waals surface area contributed by atoms with Gasteiger partial charge in [-0.25, -0.2) is 0 Å². The van der Waals surface area contributed by atoms with E-state index < -0.39 is 6.04 Å². The maximum Gasteiger partial charge on any atom is 0.243 e. The Labute approximate surface area is 215 Å². The molecule has 0 saturated carbocycles. The summed E-state index contributed by atoms with van der Waals surface area (Å²) in [6, 6.07) is 24.3. The summed E-state index contributed by atoms with van der Waals surface area (Å²) in [6.07, 6.45) is 1.35. The Morgan fingerprint density at radius 2 is 1.65 bits per heavy atom. The Kier molecular flexibility index (Phi) is 9.73. The molecule has 0 spiro atoms. The van der Waals surface area contributed by atoms with Gasteiger partial charge < -0.3 is 10.2 Å². The molecule has 3 aromatic rings. The molecular weight excluding hydrogens is 512 g/mol. The van der Waals surface area contributed by atoms with Crippen molar-refractivity contribution in [1.82, 2.24) is 10.2 Å². The van der Waals surface area contributed by atoms with E-state index in [2.05, 4.69) is 21.2 Å². The summed E-state index contributed by atoms with van der Waals surface area (Å²) in [5, 5.41) is 3.63. The molecule has 0 aliphatic carbocycles. The van der Waals surface area contributed by atoms with Crippen LogP contribution in [0.5, 0.6) is 0 Å². The molecule has 178 valence electrons. The topological polar surface area (TPSA) is 49.4 Å². The first kappa shape index (κ1) is 26.0. The average molecular weight is 542 g/mol. The molecule has 0 radical (unpaired) electrons. The van der Waals surface area contributed by atoms with Crippen molar-refractivity contribution in [2.75, 3.05) is 0 Å². The van der Waals surface area contributed by atoms with Crippen molar-refractivity contribution >= 4 is 39.3 Å². The Hall–Kier alpha value is -2.63. The molecule has 34 heavy (non-hydrogen) atoms.